The van der Waals surface area contributed by atoms with E-state index in [0.29, 0.717) is 38.1 Å². The van der Waals surface area contributed by atoms with E-state index in [2.05, 4.69) is 10.3 Å². The number of hydrogen-bond acceptors (Lipinski definition) is 5. The number of carboxylic acids is 1. The number of aliphatic carboxylic acids is 1. The zero-order valence-electron chi connectivity index (χ0n) is 20.5. The van der Waals surface area contributed by atoms with Crippen LogP contribution in [-0.4, -0.2) is 40.2 Å². The summed E-state index contributed by atoms with van der Waals surface area (Å²) in [5.41, 5.74) is -1.66. The van der Waals surface area contributed by atoms with Crippen LogP contribution in [0.15, 0.2) is 29.0 Å². The van der Waals surface area contributed by atoms with Crippen LogP contribution in [0.25, 0.3) is 0 Å². The number of carbonyl (C=O) groups is 2. The Hall–Kier alpha value is -2.15. The first-order valence-corrected chi connectivity index (χ1v) is 13.2. The average Bonchev–Trinajstić information content (AvgIpc) is 3.59. The van der Waals surface area contributed by atoms with E-state index in [1.54, 1.807) is 6.20 Å². The molecule has 188 valence electrons. The first-order valence-electron chi connectivity index (χ1n) is 13.2. The van der Waals surface area contributed by atoms with Crippen LogP contribution in [-0.2, 0) is 19.7 Å². The molecule has 1 aliphatic carbocycles. The summed E-state index contributed by atoms with van der Waals surface area (Å²) in [4.78, 5) is 29.6. The lowest BCUT2D eigenvalue weighted by Gasteiger charge is -2.40. The normalized spacial score (nSPS) is 30.1. The molecule has 1 aromatic heterocycles. The molecule has 3 fully saturated rings. The Kier molecular flexibility index (Phi) is 8.12. The van der Waals surface area contributed by atoms with Crippen molar-refractivity contribution in [3.63, 3.8) is 0 Å². The molecule has 2 saturated heterocycles. The van der Waals surface area contributed by atoms with Crippen molar-refractivity contribution >= 4 is 11.9 Å². The molecular weight excluding hydrogens is 432 g/mol. The first-order chi connectivity index (χ1) is 16.5. The number of oxazole rings is 1. The highest BCUT2D eigenvalue weighted by molar-refractivity contribution is 5.86. The van der Waals surface area contributed by atoms with Crippen molar-refractivity contribution in [3.05, 3.63) is 30.5 Å². The van der Waals surface area contributed by atoms with Crippen LogP contribution in [0, 0.1) is 11.8 Å². The van der Waals surface area contributed by atoms with Crippen molar-refractivity contribution in [1.29, 1.82) is 0 Å². The van der Waals surface area contributed by atoms with Crippen molar-refractivity contribution in [2.75, 3.05) is 6.54 Å². The van der Waals surface area contributed by atoms with Crippen LogP contribution in [0.1, 0.15) is 96.3 Å². The van der Waals surface area contributed by atoms with E-state index < -0.39 is 17.0 Å². The van der Waals surface area contributed by atoms with E-state index in [0.717, 1.165) is 18.8 Å². The fraction of sp³-hybridized carbons (Fsp3) is 0.741. The molecule has 2 bridgehead atoms. The molecule has 2 N–H and O–H groups in total. The van der Waals surface area contributed by atoms with Gasteiger partial charge in [-0.05, 0) is 44.4 Å². The summed E-state index contributed by atoms with van der Waals surface area (Å²) >= 11 is 0. The molecule has 7 nitrogen and oxygen atoms in total. The predicted molar refractivity (Wildman–Crippen MR) is 128 cm³/mol. The van der Waals surface area contributed by atoms with Gasteiger partial charge in [-0.3, -0.25) is 9.59 Å². The van der Waals surface area contributed by atoms with Crippen LogP contribution >= 0.6 is 0 Å². The minimum atomic E-state index is -0.935. The number of amides is 1. The maximum Gasteiger partial charge on any atom is 0.303 e. The monoisotopic (exact) mass is 472 g/mol. The number of hydrogen-bond donors (Lipinski definition) is 2. The summed E-state index contributed by atoms with van der Waals surface area (Å²) in [7, 11) is 0. The van der Waals surface area contributed by atoms with Crippen molar-refractivity contribution in [3.8, 4) is 0 Å². The number of fused-ring (bicyclic) bond motifs is 2. The topological polar surface area (TPSA) is 102 Å². The predicted octanol–water partition coefficient (Wildman–Crippen LogP) is 5.16. The van der Waals surface area contributed by atoms with E-state index in [-0.39, 0.29) is 24.3 Å². The molecule has 1 amide bonds. The number of carbonyl (C=O) groups excluding carboxylic acids is 1. The highest BCUT2D eigenvalue weighted by Gasteiger charge is 2.68. The van der Waals surface area contributed by atoms with Crippen LogP contribution in [0.4, 0.5) is 0 Å². The van der Waals surface area contributed by atoms with Gasteiger partial charge in [0, 0.05) is 19.4 Å². The van der Waals surface area contributed by atoms with Crippen LogP contribution in [0.5, 0.6) is 0 Å². The van der Waals surface area contributed by atoms with Crippen LogP contribution < -0.4 is 5.32 Å². The Bertz CT molecular complexity index is 847. The molecule has 4 unspecified atom stereocenters. The van der Waals surface area contributed by atoms with Crippen molar-refractivity contribution in [2.24, 2.45) is 11.8 Å². The number of unbranched alkanes of at least 4 members (excludes halogenated alkanes) is 1. The Morgan fingerprint density at radius 2 is 2.09 bits per heavy atom. The Balaban J connectivity index is 1.43. The molecule has 7 heteroatoms. The number of aromatic nitrogens is 1. The molecule has 1 saturated carbocycles. The lowest BCUT2D eigenvalue weighted by Crippen LogP contribution is -2.50. The van der Waals surface area contributed by atoms with Crippen molar-refractivity contribution in [2.45, 2.75) is 108 Å². The maximum absolute atomic E-state index is 13.4. The van der Waals surface area contributed by atoms with Crippen LogP contribution in [0.3, 0.4) is 0 Å². The zero-order valence-corrected chi connectivity index (χ0v) is 20.5. The van der Waals surface area contributed by atoms with Gasteiger partial charge in [0.15, 0.2) is 0 Å². The van der Waals surface area contributed by atoms with E-state index in [9.17, 15) is 14.7 Å². The molecule has 1 aromatic rings. The van der Waals surface area contributed by atoms with Gasteiger partial charge >= 0.3 is 5.97 Å². The summed E-state index contributed by atoms with van der Waals surface area (Å²) in [5, 5.41) is 12.8. The van der Waals surface area contributed by atoms with E-state index in [4.69, 9.17) is 9.15 Å². The molecule has 3 aliphatic rings. The number of carboxylic acid groups (broad SMARTS) is 1. The van der Waals surface area contributed by atoms with Gasteiger partial charge in [0.25, 0.3) is 5.91 Å². The van der Waals surface area contributed by atoms with Gasteiger partial charge in [-0.15, -0.1) is 0 Å². The van der Waals surface area contributed by atoms with E-state index >= 15 is 0 Å². The molecule has 0 radical (unpaired) electrons. The number of nitrogens with one attached hydrogen (secondary N) is 1. The summed E-state index contributed by atoms with van der Waals surface area (Å²) in [5.74, 6) is 0.160. The fourth-order valence-corrected chi connectivity index (χ4v) is 6.71. The summed E-state index contributed by atoms with van der Waals surface area (Å²) in [6.07, 6.45) is 19.3. The quantitative estimate of drug-likeness (QED) is 0.322. The highest BCUT2D eigenvalue weighted by atomic mass is 16.5. The second kappa shape index (κ2) is 11.1. The minimum absolute atomic E-state index is 0.0224. The first kappa shape index (κ1) is 25.0. The van der Waals surface area contributed by atoms with Crippen molar-refractivity contribution in [1.82, 2.24) is 10.3 Å². The van der Waals surface area contributed by atoms with Gasteiger partial charge in [0.05, 0.1) is 17.7 Å². The molecule has 3 heterocycles. The number of nitrogens with zero attached hydrogens (tertiary/aromatic N) is 1. The van der Waals surface area contributed by atoms with Crippen LogP contribution in [0.2, 0.25) is 0 Å². The second-order valence-electron chi connectivity index (χ2n) is 10.5. The molecule has 0 aromatic carbocycles. The minimum Gasteiger partial charge on any atom is -0.481 e. The molecule has 2 aliphatic heterocycles. The summed E-state index contributed by atoms with van der Waals surface area (Å²) < 4.78 is 12.2. The van der Waals surface area contributed by atoms with Gasteiger partial charge in [0.2, 0.25) is 5.89 Å². The van der Waals surface area contributed by atoms with Gasteiger partial charge in [-0.25, -0.2) is 4.98 Å². The van der Waals surface area contributed by atoms with E-state index in [1.165, 1.54) is 44.8 Å². The SMILES string of the molecule is CC=CCC(CC(=O)O)C1(c2ncco2)CC2(C(=O)NCCCCC3CCCCC3)CCC1O2. The molecule has 34 heavy (non-hydrogen) atoms. The van der Waals surface area contributed by atoms with Gasteiger partial charge in [-0.2, -0.15) is 0 Å². The standard InChI is InChI=1S/C27H40N2O5/c1-2-3-12-21(18-23(30)31)27(25-29-16-17-33-25)19-26(14-13-22(27)34-26)24(32)28-15-8-7-11-20-9-5-4-6-10-20/h2-3,16-17,20-22H,4-15,18-19H2,1H3,(H,28,32)(H,30,31). The fourth-order valence-electron chi connectivity index (χ4n) is 6.71. The summed E-state index contributed by atoms with van der Waals surface area (Å²) in [6, 6.07) is 0. The Morgan fingerprint density at radius 1 is 1.26 bits per heavy atom. The molecule has 4 rings (SSSR count). The Labute approximate surface area is 202 Å². The smallest absolute Gasteiger partial charge is 0.303 e. The average molecular weight is 473 g/mol. The third-order valence-electron chi connectivity index (χ3n) is 8.43. The van der Waals surface area contributed by atoms with Crippen molar-refractivity contribution < 1.29 is 23.8 Å². The lowest BCUT2D eigenvalue weighted by atomic mass is 9.60. The lowest BCUT2D eigenvalue weighted by molar-refractivity contribution is -0.140. The Morgan fingerprint density at radius 3 is 2.79 bits per heavy atom. The zero-order chi connectivity index (χ0) is 24.0. The highest BCUT2D eigenvalue weighted by Crippen LogP contribution is 2.59. The number of allylic oxidation sites excluding steroid dienone is 2. The van der Waals surface area contributed by atoms with E-state index in [1.807, 2.05) is 19.1 Å². The summed E-state index contributed by atoms with van der Waals surface area (Å²) in [6.45, 7) is 2.58. The molecule has 4 atom stereocenters. The molecular formula is C27H40N2O5. The maximum atomic E-state index is 13.4. The van der Waals surface area contributed by atoms with Gasteiger partial charge < -0.3 is 19.6 Å². The second-order valence-corrected chi connectivity index (χ2v) is 10.5. The molecule has 0 spiro atoms. The third-order valence-corrected chi connectivity index (χ3v) is 8.43. The van der Waals surface area contributed by atoms with Gasteiger partial charge in [-0.1, -0.05) is 57.1 Å². The number of ether oxygens (including phenoxy) is 1. The largest absolute Gasteiger partial charge is 0.481 e. The number of rotatable bonds is 12. The third kappa shape index (κ3) is 5.09. The van der Waals surface area contributed by atoms with Gasteiger partial charge in [0.1, 0.15) is 11.9 Å².